The fourth-order valence-corrected chi connectivity index (χ4v) is 4.23. The zero-order valence-corrected chi connectivity index (χ0v) is 13.7. The summed E-state index contributed by atoms with van der Waals surface area (Å²) < 4.78 is 27.4. The van der Waals surface area contributed by atoms with Crippen LogP contribution < -0.4 is 10.0 Å². The molecule has 3 N–H and O–H groups in total. The van der Waals surface area contributed by atoms with Gasteiger partial charge < -0.3 is 5.32 Å². The van der Waals surface area contributed by atoms with Crippen LogP contribution in [0.5, 0.6) is 0 Å². The maximum absolute atomic E-state index is 12.3. The van der Waals surface area contributed by atoms with Crippen molar-refractivity contribution in [2.24, 2.45) is 11.8 Å². The summed E-state index contributed by atoms with van der Waals surface area (Å²) in [6.45, 7) is 3.24. The third-order valence-electron chi connectivity index (χ3n) is 4.42. The van der Waals surface area contributed by atoms with Gasteiger partial charge in [-0.15, -0.1) is 0 Å². The first-order valence-electron chi connectivity index (χ1n) is 7.73. The summed E-state index contributed by atoms with van der Waals surface area (Å²) in [5, 5.41) is 9.56. The maximum Gasteiger partial charge on any atom is 0.257 e. The van der Waals surface area contributed by atoms with Crippen LogP contribution in [-0.2, 0) is 16.6 Å². The number of hydrogen-bond donors (Lipinski definition) is 3. The van der Waals surface area contributed by atoms with Gasteiger partial charge in [0.05, 0.1) is 6.20 Å². The minimum atomic E-state index is -3.50. The summed E-state index contributed by atoms with van der Waals surface area (Å²) in [5.41, 5.74) is 0.666. The molecule has 1 saturated carbocycles. The predicted octanol–water partition coefficient (Wildman–Crippen LogP) is 1.62. The number of sulfonamides is 1. The first kappa shape index (κ1) is 16.5. The van der Waals surface area contributed by atoms with Crippen molar-refractivity contribution in [1.82, 2.24) is 20.2 Å². The number of H-pyrrole nitrogens is 1. The van der Waals surface area contributed by atoms with Gasteiger partial charge in [0.1, 0.15) is 0 Å². The molecule has 1 aliphatic carbocycles. The van der Waals surface area contributed by atoms with Gasteiger partial charge in [-0.25, -0.2) is 13.1 Å². The Bertz CT molecular complexity index is 533. The van der Waals surface area contributed by atoms with Gasteiger partial charge >= 0.3 is 0 Å². The average molecular weight is 314 g/mol. The minimum absolute atomic E-state index is 0.180. The van der Waals surface area contributed by atoms with E-state index in [1.165, 1.54) is 19.3 Å². The van der Waals surface area contributed by atoms with Crippen LogP contribution in [0.15, 0.2) is 11.2 Å². The van der Waals surface area contributed by atoms with Crippen LogP contribution in [0.1, 0.15) is 44.6 Å². The highest BCUT2D eigenvalue weighted by molar-refractivity contribution is 7.89. The van der Waals surface area contributed by atoms with Crippen LogP contribution in [0, 0.1) is 11.8 Å². The molecule has 1 aliphatic rings. The van der Waals surface area contributed by atoms with Gasteiger partial charge in [0.25, 0.3) is 10.0 Å². The largest absolute Gasteiger partial charge is 0.316 e. The van der Waals surface area contributed by atoms with Crippen molar-refractivity contribution in [2.75, 3.05) is 13.6 Å². The van der Waals surface area contributed by atoms with Crippen LogP contribution in [0.3, 0.4) is 0 Å². The zero-order chi connectivity index (χ0) is 15.3. The summed E-state index contributed by atoms with van der Waals surface area (Å²) in [5.74, 6) is 1.28. The highest BCUT2D eigenvalue weighted by Gasteiger charge is 2.24. The molecule has 1 aromatic rings. The van der Waals surface area contributed by atoms with E-state index in [4.69, 9.17) is 0 Å². The lowest BCUT2D eigenvalue weighted by molar-refractivity contribution is 0.270. The lowest BCUT2D eigenvalue weighted by Gasteiger charge is -2.27. The summed E-state index contributed by atoms with van der Waals surface area (Å²) in [6.07, 6.45) is 7.47. The SMILES string of the molecule is CCC1CCC(CNS(=O)(=O)c2[nH]ncc2CNC)CC1. The Labute approximate surface area is 127 Å². The Kier molecular flexibility index (Phi) is 5.78. The third kappa shape index (κ3) is 4.28. The number of hydrogen-bond acceptors (Lipinski definition) is 4. The molecule has 120 valence electrons. The van der Waals surface area contributed by atoms with Gasteiger partial charge in [-0.05, 0) is 31.7 Å². The summed E-state index contributed by atoms with van der Waals surface area (Å²) in [7, 11) is -1.72. The van der Waals surface area contributed by atoms with Crippen molar-refractivity contribution < 1.29 is 8.42 Å². The molecule has 1 heterocycles. The van der Waals surface area contributed by atoms with Crippen molar-refractivity contribution in [3.8, 4) is 0 Å². The maximum atomic E-state index is 12.3. The average Bonchev–Trinajstić information content (AvgIpc) is 2.95. The van der Waals surface area contributed by atoms with Crippen LogP contribution >= 0.6 is 0 Å². The second-order valence-electron chi connectivity index (χ2n) is 5.90. The molecule has 0 spiro atoms. The lowest BCUT2D eigenvalue weighted by Crippen LogP contribution is -2.32. The van der Waals surface area contributed by atoms with Crippen LogP contribution in [0.4, 0.5) is 0 Å². The number of nitrogens with zero attached hydrogens (tertiary/aromatic N) is 1. The summed E-state index contributed by atoms with van der Waals surface area (Å²) in [6, 6.07) is 0. The van der Waals surface area contributed by atoms with E-state index >= 15 is 0 Å². The molecule has 0 saturated heterocycles. The molecular weight excluding hydrogens is 288 g/mol. The molecule has 7 heteroatoms. The molecule has 0 atom stereocenters. The van der Waals surface area contributed by atoms with E-state index in [1.807, 2.05) is 0 Å². The highest BCUT2D eigenvalue weighted by atomic mass is 32.2. The molecule has 21 heavy (non-hydrogen) atoms. The molecule has 2 rings (SSSR count). The van der Waals surface area contributed by atoms with Gasteiger partial charge in [-0.3, -0.25) is 5.10 Å². The number of rotatable bonds is 7. The molecule has 1 fully saturated rings. The smallest absolute Gasteiger partial charge is 0.257 e. The van der Waals surface area contributed by atoms with Crippen molar-refractivity contribution in [1.29, 1.82) is 0 Å². The lowest BCUT2D eigenvalue weighted by atomic mass is 9.81. The quantitative estimate of drug-likeness (QED) is 0.714. The van der Waals surface area contributed by atoms with Crippen LogP contribution in [0.2, 0.25) is 0 Å². The first-order chi connectivity index (χ1) is 10.1. The second kappa shape index (κ2) is 7.38. The number of aromatic amines is 1. The zero-order valence-electron chi connectivity index (χ0n) is 12.9. The topological polar surface area (TPSA) is 86.9 Å². The fourth-order valence-electron chi connectivity index (χ4n) is 2.99. The van der Waals surface area contributed by atoms with E-state index < -0.39 is 10.0 Å². The second-order valence-corrected chi connectivity index (χ2v) is 7.61. The van der Waals surface area contributed by atoms with E-state index in [-0.39, 0.29) is 5.03 Å². The van der Waals surface area contributed by atoms with Crippen molar-refractivity contribution in [2.45, 2.75) is 50.6 Å². The van der Waals surface area contributed by atoms with Gasteiger partial charge in [-0.1, -0.05) is 26.2 Å². The first-order valence-corrected chi connectivity index (χ1v) is 9.21. The highest BCUT2D eigenvalue weighted by Crippen LogP contribution is 2.30. The molecule has 0 radical (unpaired) electrons. The molecule has 1 aromatic heterocycles. The van der Waals surface area contributed by atoms with E-state index in [9.17, 15) is 8.42 Å². The Morgan fingerprint density at radius 2 is 1.95 bits per heavy atom. The molecule has 0 aliphatic heterocycles. The van der Waals surface area contributed by atoms with Gasteiger partial charge in [0.2, 0.25) is 0 Å². The summed E-state index contributed by atoms with van der Waals surface area (Å²) >= 11 is 0. The fraction of sp³-hybridized carbons (Fsp3) is 0.786. The predicted molar refractivity (Wildman–Crippen MR) is 82.3 cm³/mol. The Hall–Kier alpha value is -0.920. The van der Waals surface area contributed by atoms with Crippen molar-refractivity contribution >= 4 is 10.0 Å². The number of nitrogens with one attached hydrogen (secondary N) is 3. The molecule has 0 aromatic carbocycles. The number of aromatic nitrogens is 2. The molecule has 0 bridgehead atoms. The molecule has 0 amide bonds. The van der Waals surface area contributed by atoms with E-state index in [0.717, 1.165) is 18.8 Å². The minimum Gasteiger partial charge on any atom is -0.316 e. The monoisotopic (exact) mass is 314 g/mol. The van der Waals surface area contributed by atoms with Crippen LogP contribution in [-0.4, -0.2) is 32.2 Å². The summed E-state index contributed by atoms with van der Waals surface area (Å²) in [4.78, 5) is 0. The van der Waals surface area contributed by atoms with E-state index in [0.29, 0.717) is 24.6 Å². The normalized spacial score (nSPS) is 23.3. The standard InChI is InChI=1S/C14H26N4O2S/c1-3-11-4-6-12(7-5-11)8-17-21(19,20)14-13(9-15-2)10-16-18-14/h10-12,15,17H,3-9H2,1-2H3,(H,16,18). The van der Waals surface area contributed by atoms with Crippen LogP contribution in [0.25, 0.3) is 0 Å². The Balaban J connectivity index is 1.91. The van der Waals surface area contributed by atoms with Gasteiger partial charge in [0.15, 0.2) is 5.03 Å². The molecular formula is C14H26N4O2S. The van der Waals surface area contributed by atoms with Gasteiger partial charge in [-0.2, -0.15) is 5.10 Å². The van der Waals surface area contributed by atoms with Gasteiger partial charge in [0, 0.05) is 18.7 Å². The van der Waals surface area contributed by atoms with Crippen molar-refractivity contribution in [3.63, 3.8) is 0 Å². The molecule has 0 unspecified atom stereocenters. The van der Waals surface area contributed by atoms with E-state index in [2.05, 4.69) is 27.2 Å². The van der Waals surface area contributed by atoms with Crippen molar-refractivity contribution in [3.05, 3.63) is 11.8 Å². The third-order valence-corrected chi connectivity index (χ3v) is 5.86. The Morgan fingerprint density at radius 1 is 1.29 bits per heavy atom. The Morgan fingerprint density at radius 3 is 2.57 bits per heavy atom. The molecule has 6 nitrogen and oxygen atoms in total. The van der Waals surface area contributed by atoms with E-state index in [1.54, 1.807) is 13.2 Å².